The van der Waals surface area contributed by atoms with Crippen LogP contribution in [0.15, 0.2) is 11.4 Å². The largest absolute Gasteiger partial charge is 0.158 e. The molecule has 0 saturated heterocycles. The molecule has 0 saturated carbocycles. The monoisotopic (exact) mass is 258 g/mol. The molecule has 15 heavy (non-hydrogen) atoms. The van der Waals surface area contributed by atoms with Crippen LogP contribution in [0.25, 0.3) is 9.88 Å². The van der Waals surface area contributed by atoms with Crippen LogP contribution in [0.2, 0.25) is 0 Å². The maximum Gasteiger partial charge on any atom is 0.158 e. The average molecular weight is 259 g/mol. The summed E-state index contributed by atoms with van der Waals surface area (Å²) in [6, 6.07) is 2.11. The molecule has 0 aliphatic heterocycles. The van der Waals surface area contributed by atoms with Crippen molar-refractivity contribution in [2.24, 2.45) is 0 Å². The van der Waals surface area contributed by atoms with Crippen LogP contribution in [-0.4, -0.2) is 16.1 Å². The summed E-state index contributed by atoms with van der Waals surface area (Å²) in [6.45, 7) is 2.10. The number of thiophene rings is 1. The number of hydrogen-bond acceptors (Lipinski definition) is 4. The normalized spacial score (nSPS) is 10.8. The summed E-state index contributed by atoms with van der Waals surface area (Å²) in [5.74, 6) is 0.687. The molecule has 0 radical (unpaired) electrons. The molecule has 2 rings (SSSR count). The van der Waals surface area contributed by atoms with E-state index >= 15 is 0 Å². The molecule has 0 atom stereocenters. The first-order valence-electron chi connectivity index (χ1n) is 4.74. The van der Waals surface area contributed by atoms with Crippen molar-refractivity contribution in [2.45, 2.75) is 19.8 Å². The number of aromatic nitrogens is 2. The van der Waals surface area contributed by atoms with Gasteiger partial charge in [-0.2, -0.15) is 0 Å². The minimum Gasteiger partial charge on any atom is -0.143 e. The van der Waals surface area contributed by atoms with Crippen molar-refractivity contribution in [2.75, 3.05) is 5.88 Å². The number of rotatable bonds is 4. The lowest BCUT2D eigenvalue weighted by Crippen LogP contribution is -1.84. The van der Waals surface area contributed by atoms with Crippen molar-refractivity contribution in [1.29, 1.82) is 0 Å². The third-order valence-corrected chi connectivity index (χ3v) is 4.47. The summed E-state index contributed by atoms with van der Waals surface area (Å²) in [5.41, 5.74) is 1.28. The van der Waals surface area contributed by atoms with Gasteiger partial charge in [0.1, 0.15) is 5.01 Å². The van der Waals surface area contributed by atoms with Gasteiger partial charge in [0.2, 0.25) is 0 Å². The summed E-state index contributed by atoms with van der Waals surface area (Å²) in [5, 5.41) is 12.6. The van der Waals surface area contributed by atoms with E-state index in [2.05, 4.69) is 28.6 Å². The zero-order valence-corrected chi connectivity index (χ0v) is 10.8. The molecular weight excluding hydrogens is 248 g/mol. The van der Waals surface area contributed by atoms with Gasteiger partial charge >= 0.3 is 0 Å². The molecule has 0 aliphatic carbocycles. The summed E-state index contributed by atoms with van der Waals surface area (Å²) in [4.78, 5) is 1.24. The quantitative estimate of drug-likeness (QED) is 0.781. The maximum absolute atomic E-state index is 5.64. The third-order valence-electron chi connectivity index (χ3n) is 2.05. The highest BCUT2D eigenvalue weighted by molar-refractivity contribution is 7.20. The second-order valence-electron chi connectivity index (χ2n) is 3.23. The first-order valence-corrected chi connectivity index (χ1v) is 6.97. The first kappa shape index (κ1) is 11.0. The lowest BCUT2D eigenvalue weighted by atomic mass is 10.3. The molecule has 5 heteroatoms. The Labute approximate surface area is 102 Å². The number of aryl methyl sites for hydroxylation is 2. The number of halogens is 1. The molecule has 2 aromatic heterocycles. The van der Waals surface area contributed by atoms with Crippen LogP contribution in [0.5, 0.6) is 0 Å². The van der Waals surface area contributed by atoms with Gasteiger partial charge in [0.05, 0.1) is 4.88 Å². The Morgan fingerprint density at radius 3 is 2.93 bits per heavy atom. The molecule has 0 amide bonds. The predicted molar refractivity (Wildman–Crippen MR) is 67.0 cm³/mol. The molecule has 0 unspecified atom stereocenters. The van der Waals surface area contributed by atoms with Gasteiger partial charge in [0.25, 0.3) is 0 Å². The number of nitrogens with zero attached hydrogens (tertiary/aromatic N) is 2. The number of alkyl halides is 1. The fourth-order valence-electron chi connectivity index (χ4n) is 1.26. The smallest absolute Gasteiger partial charge is 0.143 e. The Kier molecular flexibility index (Phi) is 3.72. The van der Waals surface area contributed by atoms with Crippen LogP contribution in [0.1, 0.15) is 17.0 Å². The van der Waals surface area contributed by atoms with Crippen molar-refractivity contribution in [3.63, 3.8) is 0 Å². The van der Waals surface area contributed by atoms with E-state index in [0.29, 0.717) is 5.88 Å². The third kappa shape index (κ3) is 2.56. The SMILES string of the molecule is Cc1ccsc1-c1nnc(CCCCl)s1. The fraction of sp³-hybridized carbons (Fsp3) is 0.400. The highest BCUT2D eigenvalue weighted by Crippen LogP contribution is 2.31. The molecule has 0 bridgehead atoms. The van der Waals surface area contributed by atoms with Crippen LogP contribution in [0.4, 0.5) is 0 Å². The summed E-state index contributed by atoms with van der Waals surface area (Å²) >= 11 is 9.04. The van der Waals surface area contributed by atoms with Crippen molar-refractivity contribution in [3.05, 3.63) is 22.0 Å². The summed E-state index contributed by atoms with van der Waals surface area (Å²) in [7, 11) is 0. The molecule has 2 nitrogen and oxygen atoms in total. The van der Waals surface area contributed by atoms with Gasteiger partial charge in [-0.05, 0) is 30.4 Å². The molecule has 2 heterocycles. The second-order valence-corrected chi connectivity index (χ2v) is 5.58. The Bertz CT molecular complexity index is 436. The number of hydrogen-bond donors (Lipinski definition) is 0. The molecule has 0 aromatic carbocycles. The molecule has 0 fully saturated rings. The minimum absolute atomic E-state index is 0.687. The van der Waals surface area contributed by atoms with E-state index in [1.54, 1.807) is 22.7 Å². The van der Waals surface area contributed by atoms with Crippen LogP contribution in [0, 0.1) is 6.92 Å². The molecule has 0 aliphatic rings. The van der Waals surface area contributed by atoms with Gasteiger partial charge in [0.15, 0.2) is 5.01 Å². The Morgan fingerprint density at radius 2 is 2.27 bits per heavy atom. The summed E-state index contributed by atoms with van der Waals surface area (Å²) < 4.78 is 0. The van der Waals surface area contributed by atoms with Crippen molar-refractivity contribution < 1.29 is 0 Å². The molecule has 0 spiro atoms. The Hall–Kier alpha value is -0.450. The Morgan fingerprint density at radius 1 is 1.40 bits per heavy atom. The molecule has 80 valence electrons. The Balaban J connectivity index is 2.17. The molecular formula is C10H11ClN2S2. The van der Waals surface area contributed by atoms with Gasteiger partial charge in [-0.3, -0.25) is 0 Å². The van der Waals surface area contributed by atoms with Gasteiger partial charge < -0.3 is 0 Å². The minimum atomic E-state index is 0.687. The molecule has 0 N–H and O–H groups in total. The standard InChI is InChI=1S/C10H11ClN2S2/c1-7-4-6-14-9(7)10-13-12-8(15-10)3-2-5-11/h4,6H,2-3,5H2,1H3. The zero-order valence-electron chi connectivity index (χ0n) is 8.36. The predicted octanol–water partition coefficient (Wildman–Crippen LogP) is 3.75. The lowest BCUT2D eigenvalue weighted by molar-refractivity contribution is 0.884. The van der Waals surface area contributed by atoms with Crippen molar-refractivity contribution in [1.82, 2.24) is 10.2 Å². The van der Waals surface area contributed by atoms with E-state index in [9.17, 15) is 0 Å². The van der Waals surface area contributed by atoms with Crippen LogP contribution >= 0.6 is 34.3 Å². The van der Waals surface area contributed by atoms with Gasteiger partial charge in [0, 0.05) is 12.3 Å². The summed E-state index contributed by atoms with van der Waals surface area (Å²) in [6.07, 6.45) is 1.91. The highest BCUT2D eigenvalue weighted by Gasteiger charge is 2.09. The topological polar surface area (TPSA) is 25.8 Å². The first-order chi connectivity index (χ1) is 7.31. The molecule has 2 aromatic rings. The van der Waals surface area contributed by atoms with Crippen LogP contribution < -0.4 is 0 Å². The van der Waals surface area contributed by atoms with E-state index < -0.39 is 0 Å². The van der Waals surface area contributed by atoms with Crippen LogP contribution in [-0.2, 0) is 6.42 Å². The van der Waals surface area contributed by atoms with E-state index in [1.165, 1.54) is 10.4 Å². The van der Waals surface area contributed by atoms with E-state index in [1.807, 2.05) is 0 Å². The van der Waals surface area contributed by atoms with E-state index in [0.717, 1.165) is 22.9 Å². The van der Waals surface area contributed by atoms with Gasteiger partial charge in [-0.1, -0.05) is 11.3 Å². The van der Waals surface area contributed by atoms with Crippen molar-refractivity contribution in [3.8, 4) is 9.88 Å². The second kappa shape index (κ2) is 5.05. The van der Waals surface area contributed by atoms with E-state index in [-0.39, 0.29) is 0 Å². The highest BCUT2D eigenvalue weighted by atomic mass is 35.5. The van der Waals surface area contributed by atoms with Crippen molar-refractivity contribution >= 4 is 34.3 Å². The van der Waals surface area contributed by atoms with Gasteiger partial charge in [-0.15, -0.1) is 33.1 Å². The fourth-order valence-corrected chi connectivity index (χ4v) is 3.35. The zero-order chi connectivity index (χ0) is 10.7. The van der Waals surface area contributed by atoms with Gasteiger partial charge in [-0.25, -0.2) is 0 Å². The average Bonchev–Trinajstić information content (AvgIpc) is 2.83. The lowest BCUT2D eigenvalue weighted by Gasteiger charge is -1.90. The van der Waals surface area contributed by atoms with Crippen LogP contribution in [0.3, 0.4) is 0 Å². The van der Waals surface area contributed by atoms with E-state index in [4.69, 9.17) is 11.6 Å². The maximum atomic E-state index is 5.64.